The number of pyridine rings is 1. The van der Waals surface area contributed by atoms with E-state index in [9.17, 15) is 0 Å². The SMILES string of the molecule is Nc1nc2ccccc2c(-c2ccnn2C2CCCCO2)c1-c1ccnn1C1CCCCO1. The van der Waals surface area contributed by atoms with Crippen LogP contribution in [0.1, 0.15) is 51.0 Å². The van der Waals surface area contributed by atoms with Gasteiger partial charge in [-0.2, -0.15) is 10.2 Å². The molecule has 2 unspecified atom stereocenters. The van der Waals surface area contributed by atoms with Crippen LogP contribution < -0.4 is 5.73 Å². The predicted molar refractivity (Wildman–Crippen MR) is 126 cm³/mol. The zero-order valence-electron chi connectivity index (χ0n) is 18.6. The van der Waals surface area contributed by atoms with Crippen molar-refractivity contribution in [3.63, 3.8) is 0 Å². The Kier molecular flexibility index (Phi) is 5.32. The number of ether oxygens (including phenoxy) is 2. The van der Waals surface area contributed by atoms with Gasteiger partial charge in [-0.15, -0.1) is 0 Å². The molecule has 8 nitrogen and oxygen atoms in total. The van der Waals surface area contributed by atoms with Gasteiger partial charge in [-0.05, 0) is 56.7 Å². The smallest absolute Gasteiger partial charge is 0.150 e. The molecule has 2 N–H and O–H groups in total. The van der Waals surface area contributed by atoms with Gasteiger partial charge in [-0.1, -0.05) is 18.2 Å². The first kappa shape index (κ1) is 20.4. The number of benzene rings is 1. The minimum atomic E-state index is -0.103. The van der Waals surface area contributed by atoms with Gasteiger partial charge in [0.05, 0.1) is 22.5 Å². The lowest BCUT2D eigenvalue weighted by molar-refractivity contribution is -0.0386. The van der Waals surface area contributed by atoms with Crippen LogP contribution in [0.3, 0.4) is 0 Å². The van der Waals surface area contributed by atoms with Crippen molar-refractivity contribution < 1.29 is 9.47 Å². The molecular formula is C25H28N6O2. The first-order valence-corrected chi connectivity index (χ1v) is 11.8. The maximum Gasteiger partial charge on any atom is 0.150 e. The monoisotopic (exact) mass is 444 g/mol. The Balaban J connectivity index is 1.59. The van der Waals surface area contributed by atoms with Crippen molar-refractivity contribution in [3.8, 4) is 22.5 Å². The van der Waals surface area contributed by atoms with Crippen molar-refractivity contribution in [2.75, 3.05) is 18.9 Å². The predicted octanol–water partition coefficient (Wildman–Crippen LogP) is 4.94. The fourth-order valence-electron chi connectivity index (χ4n) is 5.07. The molecule has 0 saturated carbocycles. The van der Waals surface area contributed by atoms with E-state index >= 15 is 0 Å². The molecule has 0 bridgehead atoms. The summed E-state index contributed by atoms with van der Waals surface area (Å²) in [5.74, 6) is 0.471. The van der Waals surface area contributed by atoms with Crippen molar-refractivity contribution in [2.24, 2.45) is 0 Å². The number of hydrogen-bond acceptors (Lipinski definition) is 6. The third-order valence-electron chi connectivity index (χ3n) is 6.63. The third-order valence-corrected chi connectivity index (χ3v) is 6.63. The van der Waals surface area contributed by atoms with Crippen LogP contribution in [0.25, 0.3) is 33.4 Å². The van der Waals surface area contributed by atoms with Gasteiger partial charge in [0.25, 0.3) is 0 Å². The van der Waals surface area contributed by atoms with E-state index in [1.54, 1.807) is 0 Å². The van der Waals surface area contributed by atoms with Gasteiger partial charge in [0.1, 0.15) is 5.82 Å². The highest BCUT2D eigenvalue weighted by Crippen LogP contribution is 2.43. The van der Waals surface area contributed by atoms with Gasteiger partial charge >= 0.3 is 0 Å². The second-order valence-corrected chi connectivity index (χ2v) is 8.73. The summed E-state index contributed by atoms with van der Waals surface area (Å²) in [5, 5.41) is 10.3. The highest BCUT2D eigenvalue weighted by Gasteiger charge is 2.27. The Morgan fingerprint density at radius 1 is 0.758 bits per heavy atom. The Bertz CT molecular complexity index is 1270. The first-order valence-electron chi connectivity index (χ1n) is 11.8. The molecule has 6 rings (SSSR count). The number of nitrogen functional groups attached to an aromatic ring is 1. The molecule has 0 radical (unpaired) electrons. The van der Waals surface area contributed by atoms with Crippen LogP contribution in [0.5, 0.6) is 0 Å². The summed E-state index contributed by atoms with van der Waals surface area (Å²) < 4.78 is 16.1. The molecule has 2 aliphatic heterocycles. The number of fused-ring (bicyclic) bond motifs is 1. The fraction of sp³-hybridized carbons (Fsp3) is 0.400. The molecule has 1 aromatic carbocycles. The zero-order valence-corrected chi connectivity index (χ0v) is 18.6. The van der Waals surface area contributed by atoms with E-state index in [1.165, 1.54) is 0 Å². The van der Waals surface area contributed by atoms with Gasteiger partial charge in [0.15, 0.2) is 12.5 Å². The highest BCUT2D eigenvalue weighted by molar-refractivity contribution is 6.04. The Hall–Kier alpha value is -3.23. The van der Waals surface area contributed by atoms with E-state index in [4.69, 9.17) is 20.2 Å². The van der Waals surface area contributed by atoms with Crippen molar-refractivity contribution >= 4 is 16.7 Å². The van der Waals surface area contributed by atoms with Gasteiger partial charge in [0.2, 0.25) is 0 Å². The molecule has 5 heterocycles. The van der Waals surface area contributed by atoms with Crippen molar-refractivity contribution in [3.05, 3.63) is 48.8 Å². The molecule has 2 saturated heterocycles. The molecule has 0 aliphatic carbocycles. The molecule has 8 heteroatoms. The summed E-state index contributed by atoms with van der Waals surface area (Å²) >= 11 is 0. The summed E-state index contributed by atoms with van der Waals surface area (Å²) in [4.78, 5) is 4.77. The van der Waals surface area contributed by atoms with Crippen LogP contribution in [0.15, 0.2) is 48.8 Å². The summed E-state index contributed by atoms with van der Waals surface area (Å²) in [7, 11) is 0. The molecule has 33 heavy (non-hydrogen) atoms. The average Bonchev–Trinajstić information content (AvgIpc) is 3.54. The van der Waals surface area contributed by atoms with Crippen LogP contribution >= 0.6 is 0 Å². The van der Waals surface area contributed by atoms with Crippen LogP contribution in [0, 0.1) is 0 Å². The van der Waals surface area contributed by atoms with Gasteiger partial charge < -0.3 is 15.2 Å². The van der Waals surface area contributed by atoms with Gasteiger partial charge in [0, 0.05) is 36.6 Å². The maximum atomic E-state index is 6.66. The Morgan fingerprint density at radius 3 is 1.97 bits per heavy atom. The number of anilines is 1. The second kappa shape index (κ2) is 8.61. The molecule has 170 valence electrons. The number of nitrogens with zero attached hydrogens (tertiary/aromatic N) is 5. The van der Waals surface area contributed by atoms with Crippen LogP contribution in [0.2, 0.25) is 0 Å². The lowest BCUT2D eigenvalue weighted by atomic mass is 9.97. The molecule has 0 spiro atoms. The van der Waals surface area contributed by atoms with E-state index in [0.717, 1.165) is 85.2 Å². The summed E-state index contributed by atoms with van der Waals surface area (Å²) in [6.45, 7) is 1.50. The third kappa shape index (κ3) is 3.59. The molecule has 2 fully saturated rings. The molecule has 3 aromatic heterocycles. The normalized spacial score (nSPS) is 21.5. The summed E-state index contributed by atoms with van der Waals surface area (Å²) in [6.07, 6.45) is 9.75. The lowest BCUT2D eigenvalue weighted by Crippen LogP contribution is -2.21. The van der Waals surface area contributed by atoms with Crippen LogP contribution in [-0.2, 0) is 9.47 Å². The van der Waals surface area contributed by atoms with Crippen molar-refractivity contribution in [2.45, 2.75) is 51.0 Å². The number of rotatable bonds is 4. The quantitative estimate of drug-likeness (QED) is 0.479. The number of aromatic nitrogens is 5. The summed E-state index contributed by atoms with van der Waals surface area (Å²) in [5.41, 5.74) is 11.3. The van der Waals surface area contributed by atoms with E-state index in [0.29, 0.717) is 5.82 Å². The standard InChI is InChI=1S/C25H28N6O2/c26-25-24(20-12-14-28-31(20)22-10-4-6-16-33-22)23(17-7-1-2-8-18(17)29-25)19-11-13-27-30(19)21-9-3-5-15-32-21/h1-2,7-8,11-14,21-22H,3-6,9-10,15-16H2,(H2,26,29). The number of nitrogens with two attached hydrogens (primary N) is 1. The average molecular weight is 445 g/mol. The van der Waals surface area contributed by atoms with Crippen LogP contribution in [0.4, 0.5) is 5.82 Å². The molecule has 0 amide bonds. The zero-order chi connectivity index (χ0) is 22.2. The highest BCUT2D eigenvalue weighted by atomic mass is 16.5. The van der Waals surface area contributed by atoms with E-state index in [-0.39, 0.29) is 12.5 Å². The van der Waals surface area contributed by atoms with Crippen LogP contribution in [-0.4, -0.2) is 37.8 Å². The first-order chi connectivity index (χ1) is 16.3. The van der Waals surface area contributed by atoms with Gasteiger partial charge in [-0.25, -0.2) is 14.3 Å². The largest absolute Gasteiger partial charge is 0.383 e. The lowest BCUT2D eigenvalue weighted by Gasteiger charge is -2.27. The summed E-state index contributed by atoms with van der Waals surface area (Å²) in [6, 6.07) is 12.2. The molecule has 2 atom stereocenters. The van der Waals surface area contributed by atoms with Crippen molar-refractivity contribution in [1.82, 2.24) is 24.5 Å². The van der Waals surface area contributed by atoms with E-state index < -0.39 is 0 Å². The van der Waals surface area contributed by atoms with E-state index in [2.05, 4.69) is 16.3 Å². The minimum absolute atomic E-state index is 0.0867. The van der Waals surface area contributed by atoms with Crippen molar-refractivity contribution in [1.29, 1.82) is 0 Å². The second-order valence-electron chi connectivity index (χ2n) is 8.73. The molecular weight excluding hydrogens is 416 g/mol. The molecule has 4 aromatic rings. The number of hydrogen-bond donors (Lipinski definition) is 1. The van der Waals surface area contributed by atoms with E-state index in [1.807, 2.05) is 52.1 Å². The number of para-hydroxylation sites is 1. The minimum Gasteiger partial charge on any atom is -0.383 e. The fourth-order valence-corrected chi connectivity index (χ4v) is 5.07. The topological polar surface area (TPSA) is 93.0 Å². The molecule has 2 aliphatic rings. The Labute approximate surface area is 192 Å². The Morgan fingerprint density at radius 2 is 1.36 bits per heavy atom. The van der Waals surface area contributed by atoms with Gasteiger partial charge in [-0.3, -0.25) is 0 Å². The maximum absolute atomic E-state index is 6.66.